The fourth-order valence-electron chi connectivity index (χ4n) is 1.50. The molecule has 0 bridgehead atoms. The fraction of sp³-hybridized carbons (Fsp3) is 0.0714. The molecule has 1 aromatic carbocycles. The van der Waals surface area contributed by atoms with Crippen molar-refractivity contribution < 1.29 is 13.6 Å². The summed E-state index contributed by atoms with van der Waals surface area (Å²) in [4.78, 5) is 12.6. The highest BCUT2D eigenvalue weighted by Crippen LogP contribution is 2.17. The Morgan fingerprint density at radius 2 is 2.10 bits per heavy atom. The van der Waals surface area contributed by atoms with Gasteiger partial charge in [-0.1, -0.05) is 0 Å². The van der Waals surface area contributed by atoms with Gasteiger partial charge in [0.2, 0.25) is 0 Å². The Morgan fingerprint density at radius 3 is 2.75 bits per heavy atom. The van der Waals surface area contributed by atoms with Gasteiger partial charge in [0.25, 0.3) is 0 Å². The first-order valence-electron chi connectivity index (χ1n) is 5.79. The number of aryl methyl sites for hydroxylation is 1. The normalized spacial score (nSPS) is 10.8. The number of benzene rings is 1. The molecule has 0 aliphatic rings. The first-order chi connectivity index (χ1) is 9.56. The van der Waals surface area contributed by atoms with Gasteiger partial charge < -0.3 is 10.6 Å². The summed E-state index contributed by atoms with van der Waals surface area (Å²) in [6.45, 7) is 1.96. The summed E-state index contributed by atoms with van der Waals surface area (Å²) in [5, 5.41) is 6.69. The van der Waals surface area contributed by atoms with Gasteiger partial charge in [0.15, 0.2) is 0 Å². The molecular weight excluding hydrogens is 282 g/mol. The number of halogens is 2. The fourth-order valence-corrected chi connectivity index (χ4v) is 2.32. The van der Waals surface area contributed by atoms with E-state index in [1.165, 1.54) is 6.20 Å². The van der Waals surface area contributed by atoms with E-state index < -0.39 is 17.7 Å². The van der Waals surface area contributed by atoms with E-state index in [9.17, 15) is 13.6 Å². The zero-order valence-electron chi connectivity index (χ0n) is 10.6. The van der Waals surface area contributed by atoms with E-state index in [1.54, 1.807) is 17.4 Å². The minimum absolute atomic E-state index is 0.0791. The van der Waals surface area contributed by atoms with Crippen molar-refractivity contribution in [3.05, 3.63) is 57.9 Å². The van der Waals surface area contributed by atoms with E-state index in [4.69, 9.17) is 0 Å². The van der Waals surface area contributed by atoms with Crippen molar-refractivity contribution in [3.8, 4) is 0 Å². The molecule has 0 aliphatic carbocycles. The number of carbonyl (C=O) groups excluding carboxylic acids is 1. The van der Waals surface area contributed by atoms with Gasteiger partial charge >= 0.3 is 6.03 Å². The smallest absolute Gasteiger partial charge is 0.314 e. The molecular formula is C14H12F2N2OS. The van der Waals surface area contributed by atoms with Crippen molar-refractivity contribution in [2.24, 2.45) is 0 Å². The van der Waals surface area contributed by atoms with Gasteiger partial charge in [-0.2, -0.15) is 0 Å². The molecule has 2 rings (SSSR count). The van der Waals surface area contributed by atoms with Crippen LogP contribution in [0.1, 0.15) is 10.4 Å². The molecule has 0 unspecified atom stereocenters. The topological polar surface area (TPSA) is 41.1 Å². The average Bonchev–Trinajstić information content (AvgIpc) is 2.79. The second-order valence-corrected chi connectivity index (χ2v) is 4.97. The molecule has 0 atom stereocenters. The van der Waals surface area contributed by atoms with E-state index >= 15 is 0 Å². The minimum Gasteiger partial charge on any atom is -0.314 e. The van der Waals surface area contributed by atoms with E-state index in [2.05, 4.69) is 10.6 Å². The van der Waals surface area contributed by atoms with Crippen LogP contribution in [0.25, 0.3) is 6.08 Å². The molecule has 2 aromatic rings. The molecule has 1 heterocycles. The van der Waals surface area contributed by atoms with Crippen LogP contribution in [0, 0.1) is 18.6 Å². The SMILES string of the molecule is Cc1ccsc1C=CNC(=O)Nc1ccc(F)cc1F. The van der Waals surface area contributed by atoms with Crippen LogP contribution in [0.2, 0.25) is 0 Å². The van der Waals surface area contributed by atoms with Crippen LogP contribution < -0.4 is 10.6 Å². The van der Waals surface area contributed by atoms with Crippen molar-refractivity contribution in [3.63, 3.8) is 0 Å². The number of nitrogens with one attached hydrogen (secondary N) is 2. The van der Waals surface area contributed by atoms with Crippen molar-refractivity contribution in [2.45, 2.75) is 6.92 Å². The van der Waals surface area contributed by atoms with E-state index in [-0.39, 0.29) is 5.69 Å². The van der Waals surface area contributed by atoms with Gasteiger partial charge in [0.1, 0.15) is 11.6 Å². The minimum atomic E-state index is -0.821. The average molecular weight is 294 g/mol. The largest absolute Gasteiger partial charge is 0.323 e. The lowest BCUT2D eigenvalue weighted by atomic mass is 10.3. The van der Waals surface area contributed by atoms with E-state index in [1.807, 2.05) is 18.4 Å². The Labute approximate surface area is 118 Å². The summed E-state index contributed by atoms with van der Waals surface area (Å²) in [5.41, 5.74) is 1.03. The summed E-state index contributed by atoms with van der Waals surface area (Å²) >= 11 is 1.55. The number of amides is 2. The van der Waals surface area contributed by atoms with Crippen molar-refractivity contribution >= 4 is 29.1 Å². The van der Waals surface area contributed by atoms with Crippen LogP contribution in [0.15, 0.2) is 35.8 Å². The van der Waals surface area contributed by atoms with Crippen molar-refractivity contribution in [1.29, 1.82) is 0 Å². The quantitative estimate of drug-likeness (QED) is 0.878. The molecule has 1 aromatic heterocycles. The predicted molar refractivity (Wildman–Crippen MR) is 76.6 cm³/mol. The highest BCUT2D eigenvalue weighted by molar-refractivity contribution is 7.11. The van der Waals surface area contributed by atoms with Crippen LogP contribution in [0.3, 0.4) is 0 Å². The van der Waals surface area contributed by atoms with E-state index in [0.29, 0.717) is 6.07 Å². The van der Waals surface area contributed by atoms with Crippen LogP contribution in [0.4, 0.5) is 19.3 Å². The van der Waals surface area contributed by atoms with Crippen molar-refractivity contribution in [1.82, 2.24) is 5.32 Å². The number of hydrogen-bond acceptors (Lipinski definition) is 2. The zero-order valence-corrected chi connectivity index (χ0v) is 11.4. The molecule has 2 N–H and O–H groups in total. The Morgan fingerprint density at radius 1 is 1.30 bits per heavy atom. The van der Waals surface area contributed by atoms with Gasteiger partial charge in [-0.15, -0.1) is 11.3 Å². The summed E-state index contributed by atoms with van der Waals surface area (Å²) in [6, 6.07) is 4.32. The summed E-state index contributed by atoms with van der Waals surface area (Å²) in [6.07, 6.45) is 3.22. The van der Waals surface area contributed by atoms with Gasteiger partial charge in [0, 0.05) is 17.1 Å². The number of thiophene rings is 1. The number of rotatable bonds is 3. The Kier molecular flexibility index (Phi) is 4.47. The number of urea groups is 1. The summed E-state index contributed by atoms with van der Waals surface area (Å²) in [5.74, 6) is -1.51. The number of hydrogen-bond donors (Lipinski definition) is 2. The molecule has 6 heteroatoms. The molecule has 104 valence electrons. The molecule has 0 saturated carbocycles. The van der Waals surface area contributed by atoms with Gasteiger partial charge in [-0.25, -0.2) is 13.6 Å². The Hall–Kier alpha value is -2.21. The highest BCUT2D eigenvalue weighted by Gasteiger charge is 2.06. The molecule has 0 spiro atoms. The summed E-state index contributed by atoms with van der Waals surface area (Å²) in [7, 11) is 0. The molecule has 0 aliphatic heterocycles. The van der Waals surface area contributed by atoms with Gasteiger partial charge in [0.05, 0.1) is 5.69 Å². The molecule has 2 amide bonds. The van der Waals surface area contributed by atoms with E-state index in [0.717, 1.165) is 22.6 Å². The molecule has 20 heavy (non-hydrogen) atoms. The molecule has 0 radical (unpaired) electrons. The Bertz CT molecular complexity index is 652. The molecule has 0 fully saturated rings. The lowest BCUT2D eigenvalue weighted by Gasteiger charge is -2.05. The maximum Gasteiger partial charge on any atom is 0.323 e. The van der Waals surface area contributed by atoms with Gasteiger partial charge in [-0.3, -0.25) is 0 Å². The monoisotopic (exact) mass is 294 g/mol. The number of carbonyl (C=O) groups is 1. The lowest BCUT2D eigenvalue weighted by Crippen LogP contribution is -2.24. The molecule has 0 saturated heterocycles. The number of anilines is 1. The predicted octanol–water partition coefficient (Wildman–Crippen LogP) is 4.13. The van der Waals surface area contributed by atoms with Crippen LogP contribution in [0.5, 0.6) is 0 Å². The maximum atomic E-state index is 13.3. The van der Waals surface area contributed by atoms with Crippen molar-refractivity contribution in [2.75, 3.05) is 5.32 Å². The second-order valence-electron chi connectivity index (χ2n) is 4.02. The van der Waals surface area contributed by atoms with Gasteiger partial charge in [-0.05, 0) is 42.1 Å². The third kappa shape index (κ3) is 3.64. The maximum absolute atomic E-state index is 13.3. The summed E-state index contributed by atoms with van der Waals surface area (Å²) < 4.78 is 26.0. The Balaban J connectivity index is 1.93. The third-order valence-electron chi connectivity index (χ3n) is 2.53. The first kappa shape index (κ1) is 14.2. The van der Waals surface area contributed by atoms with Crippen LogP contribution in [-0.4, -0.2) is 6.03 Å². The standard InChI is InChI=1S/C14H12F2N2OS/c1-9-5-7-20-13(9)4-6-17-14(19)18-12-3-2-10(15)8-11(12)16/h2-8H,1H3,(H2,17,18,19). The molecule has 3 nitrogen and oxygen atoms in total. The zero-order chi connectivity index (χ0) is 14.5. The van der Waals surface area contributed by atoms with Crippen LogP contribution in [-0.2, 0) is 0 Å². The third-order valence-corrected chi connectivity index (χ3v) is 3.51. The highest BCUT2D eigenvalue weighted by atomic mass is 32.1. The van der Waals surface area contributed by atoms with Crippen LogP contribution >= 0.6 is 11.3 Å². The lowest BCUT2D eigenvalue weighted by molar-refractivity contribution is 0.255. The second kappa shape index (κ2) is 6.29. The first-order valence-corrected chi connectivity index (χ1v) is 6.67.